The van der Waals surface area contributed by atoms with Gasteiger partial charge < -0.3 is 9.47 Å². The van der Waals surface area contributed by atoms with Crippen molar-refractivity contribution in [3.8, 4) is 5.88 Å². The van der Waals surface area contributed by atoms with E-state index in [2.05, 4.69) is 49.6 Å². The fourth-order valence-electron chi connectivity index (χ4n) is 6.02. The summed E-state index contributed by atoms with van der Waals surface area (Å²) in [4.78, 5) is 12.9. The van der Waals surface area contributed by atoms with Gasteiger partial charge in [-0.25, -0.2) is 0 Å². The molecule has 1 aromatic rings. The molecule has 1 aromatic heterocycles. The van der Waals surface area contributed by atoms with Gasteiger partial charge in [0, 0.05) is 24.8 Å². The molecular formula is C35H64N3O3S+. The predicted molar refractivity (Wildman–Crippen MR) is 178 cm³/mol. The van der Waals surface area contributed by atoms with Crippen molar-refractivity contribution in [1.29, 1.82) is 0 Å². The molecule has 7 heteroatoms. The number of carbonyl (C=O) groups excluding carboxylic acids is 1. The molecule has 0 N–H and O–H groups in total. The van der Waals surface area contributed by atoms with Crippen molar-refractivity contribution in [1.82, 2.24) is 8.75 Å². The molecule has 42 heavy (non-hydrogen) atoms. The van der Waals surface area contributed by atoms with E-state index >= 15 is 0 Å². The average Bonchev–Trinajstić information content (AvgIpc) is 3.43. The molecule has 1 aliphatic heterocycles. The molecule has 0 spiro atoms. The summed E-state index contributed by atoms with van der Waals surface area (Å²) in [5.41, 5.74) is 2.06. The average molecular weight is 607 g/mol. The van der Waals surface area contributed by atoms with E-state index in [-0.39, 0.29) is 12.2 Å². The summed E-state index contributed by atoms with van der Waals surface area (Å²) in [7, 11) is 2.26. The molecule has 0 radical (unpaired) electrons. The standard InChI is InChI=1S/C35H64N3O3S/c1-6-8-10-12-13-14-15-16-17-18-19-20-21-25-32(41-33(39)28-30(3)4)38(5)26-23-24-31(29-38)34-35(37-42-36-34)40-27-22-11-9-7-2/h24,30,32H,6-23,25-29H2,1-5H3/q+1. The first-order valence-electron chi connectivity index (χ1n) is 17.6. The topological polar surface area (TPSA) is 61.3 Å². The van der Waals surface area contributed by atoms with Gasteiger partial charge in [-0.1, -0.05) is 130 Å². The third-order valence-corrected chi connectivity index (χ3v) is 9.17. The van der Waals surface area contributed by atoms with Crippen LogP contribution in [0.1, 0.15) is 162 Å². The number of quaternary nitrogens is 1. The number of rotatable bonds is 25. The zero-order valence-corrected chi connectivity index (χ0v) is 28.8. The molecule has 0 bridgehead atoms. The number of carbonyl (C=O) groups is 1. The molecule has 0 aliphatic carbocycles. The fourth-order valence-corrected chi connectivity index (χ4v) is 6.55. The Morgan fingerprint density at radius 1 is 0.857 bits per heavy atom. The van der Waals surface area contributed by atoms with E-state index in [1.165, 1.54) is 114 Å². The second-order valence-electron chi connectivity index (χ2n) is 13.3. The maximum absolute atomic E-state index is 12.9. The van der Waals surface area contributed by atoms with Crippen LogP contribution in [0.3, 0.4) is 0 Å². The lowest BCUT2D eigenvalue weighted by Crippen LogP contribution is -2.56. The van der Waals surface area contributed by atoms with Gasteiger partial charge >= 0.3 is 5.97 Å². The van der Waals surface area contributed by atoms with Crippen LogP contribution in [0.25, 0.3) is 5.57 Å². The molecule has 0 saturated heterocycles. The number of esters is 1. The van der Waals surface area contributed by atoms with Gasteiger partial charge in [-0.2, -0.15) is 4.37 Å². The largest absolute Gasteiger partial charge is 0.475 e. The van der Waals surface area contributed by atoms with Gasteiger partial charge in [0.15, 0.2) is 0 Å². The number of ether oxygens (including phenoxy) is 2. The van der Waals surface area contributed by atoms with Crippen LogP contribution in [0.2, 0.25) is 0 Å². The van der Waals surface area contributed by atoms with E-state index in [1.807, 2.05) is 0 Å². The molecule has 0 amide bonds. The molecule has 0 saturated carbocycles. The van der Waals surface area contributed by atoms with Crippen molar-refractivity contribution in [2.24, 2.45) is 5.92 Å². The van der Waals surface area contributed by atoms with Gasteiger partial charge in [-0.3, -0.25) is 9.28 Å². The molecule has 0 aromatic carbocycles. The monoisotopic (exact) mass is 606 g/mol. The molecule has 2 rings (SSSR count). The van der Waals surface area contributed by atoms with Crippen LogP contribution >= 0.6 is 11.7 Å². The van der Waals surface area contributed by atoms with Crippen molar-refractivity contribution in [3.05, 3.63) is 11.8 Å². The zero-order chi connectivity index (χ0) is 30.5. The molecule has 2 atom stereocenters. The van der Waals surface area contributed by atoms with E-state index in [4.69, 9.17) is 9.47 Å². The van der Waals surface area contributed by atoms with Crippen LogP contribution < -0.4 is 4.74 Å². The van der Waals surface area contributed by atoms with Gasteiger partial charge in [0.05, 0.1) is 31.9 Å². The van der Waals surface area contributed by atoms with Gasteiger partial charge in [-0.15, -0.1) is 4.37 Å². The highest BCUT2D eigenvalue weighted by molar-refractivity contribution is 6.99. The Bertz CT molecular complexity index is 871. The third-order valence-electron chi connectivity index (χ3n) is 8.65. The molecule has 2 unspecified atom stereocenters. The van der Waals surface area contributed by atoms with E-state index < -0.39 is 0 Å². The van der Waals surface area contributed by atoms with Crippen molar-refractivity contribution in [3.63, 3.8) is 0 Å². The van der Waals surface area contributed by atoms with Crippen LogP contribution in [-0.2, 0) is 9.53 Å². The molecule has 242 valence electrons. The smallest absolute Gasteiger partial charge is 0.310 e. The summed E-state index contributed by atoms with van der Waals surface area (Å²) >= 11 is 1.23. The first-order valence-corrected chi connectivity index (χ1v) is 18.3. The zero-order valence-electron chi connectivity index (χ0n) is 28.0. The van der Waals surface area contributed by atoms with Gasteiger partial charge in [0.2, 0.25) is 6.23 Å². The SMILES string of the molecule is CCCCCCCCCCCCCCCC(OC(=O)CC(C)C)[N+]1(C)CCC=C(c2nsnc2OCCCCCC)C1. The summed E-state index contributed by atoms with van der Waals surface area (Å²) in [6, 6.07) is 0. The fraction of sp³-hybridized carbons (Fsp3) is 0.857. The van der Waals surface area contributed by atoms with E-state index in [0.717, 1.165) is 44.5 Å². The van der Waals surface area contributed by atoms with Crippen molar-refractivity contribution >= 4 is 23.3 Å². The van der Waals surface area contributed by atoms with Crippen LogP contribution in [0.4, 0.5) is 0 Å². The van der Waals surface area contributed by atoms with Crippen molar-refractivity contribution in [2.45, 2.75) is 162 Å². The summed E-state index contributed by atoms with van der Waals surface area (Å²) < 4.78 is 22.1. The second-order valence-corrected chi connectivity index (χ2v) is 13.8. The van der Waals surface area contributed by atoms with Crippen LogP contribution in [0, 0.1) is 5.92 Å². The van der Waals surface area contributed by atoms with Crippen LogP contribution in [0.15, 0.2) is 6.08 Å². The Labute approximate surface area is 262 Å². The quantitative estimate of drug-likeness (QED) is 0.0629. The van der Waals surface area contributed by atoms with Gasteiger partial charge in [0.25, 0.3) is 5.88 Å². The van der Waals surface area contributed by atoms with E-state index in [0.29, 0.717) is 29.3 Å². The summed E-state index contributed by atoms with van der Waals surface area (Å²) in [6.07, 6.45) is 26.6. The lowest BCUT2D eigenvalue weighted by Gasteiger charge is -2.43. The summed E-state index contributed by atoms with van der Waals surface area (Å²) in [5, 5.41) is 0. The highest BCUT2D eigenvalue weighted by Crippen LogP contribution is 2.33. The maximum atomic E-state index is 12.9. The Hall–Kier alpha value is -1.47. The van der Waals surface area contributed by atoms with Crippen molar-refractivity contribution in [2.75, 3.05) is 26.7 Å². The molecule has 0 fully saturated rings. The van der Waals surface area contributed by atoms with Crippen LogP contribution in [0.5, 0.6) is 5.88 Å². The Kier molecular flexibility index (Phi) is 19.3. The predicted octanol–water partition coefficient (Wildman–Crippen LogP) is 10.1. The first-order chi connectivity index (χ1) is 20.4. The Balaban J connectivity index is 1.85. The van der Waals surface area contributed by atoms with Gasteiger partial charge in [0.1, 0.15) is 12.2 Å². The Morgan fingerprint density at radius 3 is 2.02 bits per heavy atom. The molecular weight excluding hydrogens is 542 g/mol. The normalized spacial score (nSPS) is 17.8. The number of hydrogen-bond acceptors (Lipinski definition) is 6. The highest BCUT2D eigenvalue weighted by atomic mass is 32.1. The number of nitrogens with zero attached hydrogens (tertiary/aromatic N) is 3. The first kappa shape index (κ1) is 36.7. The number of hydrogen-bond donors (Lipinski definition) is 0. The Morgan fingerprint density at radius 2 is 1.43 bits per heavy atom. The minimum Gasteiger partial charge on any atom is -0.475 e. The second kappa shape index (κ2) is 22.1. The minimum atomic E-state index is -0.127. The maximum Gasteiger partial charge on any atom is 0.310 e. The van der Waals surface area contributed by atoms with E-state index in [1.54, 1.807) is 0 Å². The lowest BCUT2D eigenvalue weighted by atomic mass is 10.0. The molecule has 6 nitrogen and oxygen atoms in total. The molecule has 2 heterocycles. The number of aromatic nitrogens is 2. The van der Waals surface area contributed by atoms with E-state index in [9.17, 15) is 4.79 Å². The van der Waals surface area contributed by atoms with Gasteiger partial charge in [-0.05, 0) is 18.8 Å². The minimum absolute atomic E-state index is 0.0634. The number of likely N-dealkylation sites (N-methyl/N-ethyl adjacent to an activating group) is 1. The molecule has 1 aliphatic rings. The lowest BCUT2D eigenvalue weighted by molar-refractivity contribution is -0.947. The highest BCUT2D eigenvalue weighted by Gasteiger charge is 2.39. The van der Waals surface area contributed by atoms with Crippen LogP contribution in [-0.4, -0.2) is 52.2 Å². The number of unbranched alkanes of at least 4 members (excludes halogenated alkanes) is 15. The summed E-state index contributed by atoms with van der Waals surface area (Å²) in [6.45, 7) is 11.1. The summed E-state index contributed by atoms with van der Waals surface area (Å²) in [5.74, 6) is 0.905. The van der Waals surface area contributed by atoms with Crippen molar-refractivity contribution < 1.29 is 18.8 Å². The third kappa shape index (κ3) is 14.8.